The van der Waals surface area contributed by atoms with Crippen molar-refractivity contribution in [1.29, 1.82) is 0 Å². The molecule has 0 spiro atoms. The van der Waals surface area contributed by atoms with E-state index in [4.69, 9.17) is 12.2 Å². The van der Waals surface area contributed by atoms with Crippen molar-refractivity contribution in [3.8, 4) is 0 Å². The van der Waals surface area contributed by atoms with Crippen LogP contribution in [0.3, 0.4) is 0 Å². The molecule has 8 heteroatoms. The number of nitrogens with zero attached hydrogens (tertiary/aromatic N) is 3. The second-order valence-electron chi connectivity index (χ2n) is 6.31. The van der Waals surface area contributed by atoms with Crippen molar-refractivity contribution in [1.82, 2.24) is 4.90 Å². The van der Waals surface area contributed by atoms with Gasteiger partial charge in [-0.3, -0.25) is 14.9 Å². The van der Waals surface area contributed by atoms with Crippen LogP contribution in [0.2, 0.25) is 0 Å². The second kappa shape index (κ2) is 8.13. The monoisotopic (exact) mass is 384 g/mol. The minimum atomic E-state index is -0.394. The molecule has 2 aromatic rings. The molecule has 1 aliphatic rings. The number of nitrogens with one attached hydrogen (secondary N) is 1. The van der Waals surface area contributed by atoms with E-state index in [-0.39, 0.29) is 11.5 Å². The van der Waals surface area contributed by atoms with Crippen LogP contribution in [0.1, 0.15) is 17.3 Å². The van der Waals surface area contributed by atoms with Crippen molar-refractivity contribution in [2.24, 2.45) is 0 Å². The fourth-order valence-electron chi connectivity index (χ4n) is 2.94. The number of nitro benzene ring substituents is 1. The summed E-state index contributed by atoms with van der Waals surface area (Å²) < 4.78 is 0. The molecule has 1 fully saturated rings. The first kappa shape index (κ1) is 18.8. The number of Topliss-reactive ketones (excluding diaryl/α,β-unsaturated/α-hetero) is 1. The summed E-state index contributed by atoms with van der Waals surface area (Å²) in [4.78, 5) is 26.0. The highest BCUT2D eigenvalue weighted by Gasteiger charge is 2.20. The number of anilines is 2. The van der Waals surface area contributed by atoms with Gasteiger partial charge in [0.15, 0.2) is 10.9 Å². The summed E-state index contributed by atoms with van der Waals surface area (Å²) in [6.07, 6.45) is 0. The van der Waals surface area contributed by atoms with Crippen molar-refractivity contribution in [3.05, 3.63) is 64.2 Å². The van der Waals surface area contributed by atoms with Crippen LogP contribution in [-0.2, 0) is 0 Å². The standard InChI is InChI=1S/C19H20N4O3S/c1-14(24)15-2-4-16(5-3-15)20-19(27)22-12-10-21(11-13-22)17-6-8-18(9-7-17)23(25)26/h2-9H,10-13H2,1H3,(H,20,27). The van der Waals surface area contributed by atoms with E-state index in [1.807, 2.05) is 12.1 Å². The third-order valence-electron chi connectivity index (χ3n) is 4.54. The van der Waals surface area contributed by atoms with Crippen LogP contribution in [0.5, 0.6) is 0 Å². The molecule has 0 aliphatic carbocycles. The zero-order valence-corrected chi connectivity index (χ0v) is 15.7. The number of piperazine rings is 1. The molecular weight excluding hydrogens is 364 g/mol. The molecule has 0 bridgehead atoms. The van der Waals surface area contributed by atoms with Gasteiger partial charge in [0.2, 0.25) is 0 Å². The van der Waals surface area contributed by atoms with E-state index >= 15 is 0 Å². The highest BCUT2D eigenvalue weighted by atomic mass is 32.1. The van der Waals surface area contributed by atoms with E-state index in [1.165, 1.54) is 19.1 Å². The Morgan fingerprint density at radius 3 is 2.15 bits per heavy atom. The molecule has 3 rings (SSSR count). The van der Waals surface area contributed by atoms with Crippen molar-refractivity contribution in [2.45, 2.75) is 6.92 Å². The highest BCUT2D eigenvalue weighted by Crippen LogP contribution is 2.21. The first-order chi connectivity index (χ1) is 12.9. The maximum absolute atomic E-state index is 11.3. The van der Waals surface area contributed by atoms with Gasteiger partial charge in [0.1, 0.15) is 0 Å². The van der Waals surface area contributed by atoms with Crippen LogP contribution in [0.15, 0.2) is 48.5 Å². The van der Waals surface area contributed by atoms with Crippen molar-refractivity contribution in [2.75, 3.05) is 36.4 Å². The van der Waals surface area contributed by atoms with Crippen molar-refractivity contribution < 1.29 is 9.72 Å². The molecule has 27 heavy (non-hydrogen) atoms. The summed E-state index contributed by atoms with van der Waals surface area (Å²) in [5, 5.41) is 14.6. The van der Waals surface area contributed by atoms with Crippen LogP contribution < -0.4 is 10.2 Å². The van der Waals surface area contributed by atoms with E-state index in [0.717, 1.165) is 37.6 Å². The Bertz CT molecular complexity index is 844. The lowest BCUT2D eigenvalue weighted by Gasteiger charge is -2.37. The average molecular weight is 384 g/mol. The zero-order valence-electron chi connectivity index (χ0n) is 14.9. The number of hydrogen-bond donors (Lipinski definition) is 1. The summed E-state index contributed by atoms with van der Waals surface area (Å²) in [6.45, 7) is 4.62. The Labute approximate surface area is 162 Å². The Kier molecular flexibility index (Phi) is 5.66. The summed E-state index contributed by atoms with van der Waals surface area (Å²) >= 11 is 5.50. The number of thiocarbonyl (C=S) groups is 1. The molecule has 0 aromatic heterocycles. The quantitative estimate of drug-likeness (QED) is 0.375. The van der Waals surface area contributed by atoms with Gasteiger partial charge in [-0.15, -0.1) is 0 Å². The molecule has 1 heterocycles. The fourth-order valence-corrected chi connectivity index (χ4v) is 3.24. The van der Waals surface area contributed by atoms with Gasteiger partial charge in [-0.2, -0.15) is 0 Å². The molecule has 1 saturated heterocycles. The van der Waals surface area contributed by atoms with Gasteiger partial charge < -0.3 is 15.1 Å². The lowest BCUT2D eigenvalue weighted by molar-refractivity contribution is -0.384. The van der Waals surface area contributed by atoms with Gasteiger partial charge in [-0.25, -0.2) is 0 Å². The Morgan fingerprint density at radius 2 is 1.63 bits per heavy atom. The molecule has 1 aliphatic heterocycles. The molecule has 0 radical (unpaired) electrons. The Balaban J connectivity index is 1.54. The third-order valence-corrected chi connectivity index (χ3v) is 4.90. The lowest BCUT2D eigenvalue weighted by atomic mass is 10.1. The number of nitro groups is 1. The van der Waals surface area contributed by atoms with Gasteiger partial charge in [-0.1, -0.05) is 0 Å². The molecule has 0 saturated carbocycles. The minimum absolute atomic E-state index is 0.0338. The zero-order chi connectivity index (χ0) is 19.4. The van der Waals surface area contributed by atoms with Crippen molar-refractivity contribution >= 4 is 40.2 Å². The number of benzene rings is 2. The van der Waals surface area contributed by atoms with E-state index < -0.39 is 4.92 Å². The smallest absolute Gasteiger partial charge is 0.269 e. The van der Waals surface area contributed by atoms with Crippen LogP contribution >= 0.6 is 12.2 Å². The van der Waals surface area contributed by atoms with Gasteiger partial charge in [0.05, 0.1) is 4.92 Å². The fraction of sp³-hybridized carbons (Fsp3) is 0.263. The Hall–Kier alpha value is -3.00. The van der Waals surface area contributed by atoms with E-state index in [9.17, 15) is 14.9 Å². The van der Waals surface area contributed by atoms with Crippen LogP contribution in [0.4, 0.5) is 17.1 Å². The summed E-state index contributed by atoms with van der Waals surface area (Å²) in [5.74, 6) is 0.0338. The molecule has 1 N–H and O–H groups in total. The van der Waals surface area contributed by atoms with Crippen LogP contribution in [0, 0.1) is 10.1 Å². The normalized spacial score (nSPS) is 14.0. The molecule has 2 aromatic carbocycles. The second-order valence-corrected chi connectivity index (χ2v) is 6.70. The highest BCUT2D eigenvalue weighted by molar-refractivity contribution is 7.80. The van der Waals surface area contributed by atoms with E-state index in [0.29, 0.717) is 10.7 Å². The minimum Gasteiger partial charge on any atom is -0.368 e. The predicted molar refractivity (Wildman–Crippen MR) is 110 cm³/mol. The first-order valence-electron chi connectivity index (χ1n) is 8.60. The van der Waals surface area contributed by atoms with Crippen LogP contribution in [0.25, 0.3) is 0 Å². The summed E-state index contributed by atoms with van der Waals surface area (Å²) in [5.41, 5.74) is 2.59. The maximum Gasteiger partial charge on any atom is 0.269 e. The van der Waals surface area contributed by atoms with Gasteiger partial charge in [-0.05, 0) is 55.5 Å². The predicted octanol–water partition coefficient (Wildman–Crippen LogP) is 3.32. The largest absolute Gasteiger partial charge is 0.368 e. The number of rotatable bonds is 4. The number of carbonyl (C=O) groups excluding carboxylic acids is 1. The number of non-ortho nitro benzene ring substituents is 1. The van der Waals surface area contributed by atoms with Gasteiger partial charge >= 0.3 is 0 Å². The number of carbonyl (C=O) groups is 1. The third kappa shape index (κ3) is 4.59. The van der Waals surface area contributed by atoms with Gasteiger partial charge in [0, 0.05) is 55.2 Å². The first-order valence-corrected chi connectivity index (χ1v) is 9.01. The summed E-state index contributed by atoms with van der Waals surface area (Å²) in [7, 11) is 0. The topological polar surface area (TPSA) is 78.7 Å². The molecule has 140 valence electrons. The average Bonchev–Trinajstić information content (AvgIpc) is 2.68. The van der Waals surface area contributed by atoms with Crippen molar-refractivity contribution in [3.63, 3.8) is 0 Å². The number of hydrogen-bond acceptors (Lipinski definition) is 5. The van der Waals surface area contributed by atoms with E-state index in [2.05, 4.69) is 15.1 Å². The molecule has 7 nitrogen and oxygen atoms in total. The molecule has 0 atom stereocenters. The molecular formula is C19H20N4O3S. The van der Waals surface area contributed by atoms with Crippen LogP contribution in [-0.4, -0.2) is 46.9 Å². The Morgan fingerprint density at radius 1 is 1.04 bits per heavy atom. The number of ketones is 1. The SMILES string of the molecule is CC(=O)c1ccc(NC(=S)N2CCN(c3ccc([N+](=O)[O-])cc3)CC2)cc1. The lowest BCUT2D eigenvalue weighted by Crippen LogP contribution is -2.50. The summed E-state index contributed by atoms with van der Waals surface area (Å²) in [6, 6.07) is 13.9. The molecule has 0 amide bonds. The maximum atomic E-state index is 11.3. The molecule has 0 unspecified atom stereocenters. The van der Waals surface area contributed by atoms with E-state index in [1.54, 1.807) is 24.3 Å². The van der Waals surface area contributed by atoms with Gasteiger partial charge in [0.25, 0.3) is 5.69 Å².